The Hall–Kier alpha value is -1.78. The number of ether oxygens (including phenoxy) is 1. The normalized spacial score (nSPS) is 12.2. The first-order valence-electron chi connectivity index (χ1n) is 5.34. The Morgan fingerprint density at radius 1 is 1.39 bits per heavy atom. The molecular weight excluding hydrogens is 252 g/mol. The third-order valence-electron chi connectivity index (χ3n) is 2.67. The minimum Gasteiger partial charge on any atom is -0.495 e. The van der Waals surface area contributed by atoms with E-state index in [0.717, 1.165) is 0 Å². The molecule has 3 N–H and O–H groups in total. The Bertz CT molecular complexity index is 560. The van der Waals surface area contributed by atoms with Crippen LogP contribution in [0.2, 0.25) is 5.02 Å². The lowest BCUT2D eigenvalue weighted by Gasteiger charge is -2.14. The fourth-order valence-corrected chi connectivity index (χ4v) is 1.94. The highest BCUT2D eigenvalue weighted by atomic mass is 35.5. The third-order valence-corrected chi connectivity index (χ3v) is 2.97. The number of anilines is 1. The average molecular weight is 265 g/mol. The van der Waals surface area contributed by atoms with Crippen molar-refractivity contribution in [3.8, 4) is 5.75 Å². The summed E-state index contributed by atoms with van der Waals surface area (Å²) in [5.74, 6) is 0.562. The van der Waals surface area contributed by atoms with E-state index >= 15 is 0 Å². The van der Waals surface area contributed by atoms with Crippen molar-refractivity contribution in [3.05, 3.63) is 52.8 Å². The molecule has 18 heavy (non-hydrogen) atoms. The number of rotatable bonds is 3. The minimum atomic E-state index is -0.859. The lowest BCUT2D eigenvalue weighted by atomic mass is 10.0. The van der Waals surface area contributed by atoms with E-state index in [2.05, 4.69) is 4.98 Å². The zero-order chi connectivity index (χ0) is 13.1. The maximum absolute atomic E-state index is 10.2. The van der Waals surface area contributed by atoms with Crippen molar-refractivity contribution in [1.82, 2.24) is 4.98 Å². The van der Waals surface area contributed by atoms with Gasteiger partial charge in [-0.15, -0.1) is 0 Å². The lowest BCUT2D eigenvalue weighted by Crippen LogP contribution is -2.04. The van der Waals surface area contributed by atoms with E-state index in [4.69, 9.17) is 22.1 Å². The summed E-state index contributed by atoms with van der Waals surface area (Å²) in [5, 5.41) is 10.7. The molecule has 0 aliphatic rings. The van der Waals surface area contributed by atoms with Gasteiger partial charge < -0.3 is 15.6 Å². The van der Waals surface area contributed by atoms with Crippen LogP contribution >= 0.6 is 11.6 Å². The molecule has 0 radical (unpaired) electrons. The molecule has 0 bridgehead atoms. The second-order valence-electron chi connectivity index (χ2n) is 3.80. The second kappa shape index (κ2) is 5.25. The molecule has 0 saturated heterocycles. The standard InChI is InChI=1S/C13H13ClN2O2/c1-18-12-3-2-8(6-10(12)14)13(17)9-7-16-5-4-11(9)15/h2-7,13,17H,1H3,(H2,15,16). The Labute approximate surface area is 110 Å². The SMILES string of the molecule is COc1ccc(C(O)c2cnccc2N)cc1Cl. The predicted octanol–water partition coefficient (Wildman–Crippen LogP) is 2.41. The summed E-state index contributed by atoms with van der Waals surface area (Å²) in [6.07, 6.45) is 2.26. The van der Waals surface area contributed by atoms with Crippen LogP contribution in [0.15, 0.2) is 36.7 Å². The number of pyridine rings is 1. The van der Waals surface area contributed by atoms with E-state index < -0.39 is 6.10 Å². The van der Waals surface area contributed by atoms with Gasteiger partial charge in [0.15, 0.2) is 0 Å². The molecule has 0 amide bonds. The number of hydrogen-bond acceptors (Lipinski definition) is 4. The number of nitrogen functional groups attached to an aromatic ring is 1. The highest BCUT2D eigenvalue weighted by molar-refractivity contribution is 6.32. The van der Waals surface area contributed by atoms with E-state index in [1.54, 1.807) is 30.5 Å². The van der Waals surface area contributed by atoms with Crippen LogP contribution < -0.4 is 10.5 Å². The molecule has 1 heterocycles. The molecule has 1 atom stereocenters. The molecule has 0 aliphatic heterocycles. The van der Waals surface area contributed by atoms with Crippen LogP contribution in [0.5, 0.6) is 5.75 Å². The van der Waals surface area contributed by atoms with Crippen LogP contribution in [0.1, 0.15) is 17.2 Å². The van der Waals surface area contributed by atoms with E-state index in [-0.39, 0.29) is 0 Å². The van der Waals surface area contributed by atoms with Gasteiger partial charge in [0.2, 0.25) is 0 Å². The number of aliphatic hydroxyl groups is 1. The number of benzene rings is 1. The monoisotopic (exact) mass is 264 g/mol. The van der Waals surface area contributed by atoms with E-state index in [0.29, 0.717) is 27.6 Å². The van der Waals surface area contributed by atoms with Crippen LogP contribution in [0.3, 0.4) is 0 Å². The predicted molar refractivity (Wildman–Crippen MR) is 70.7 cm³/mol. The smallest absolute Gasteiger partial charge is 0.137 e. The number of aromatic nitrogens is 1. The summed E-state index contributed by atoms with van der Waals surface area (Å²) in [7, 11) is 1.54. The maximum atomic E-state index is 10.2. The summed E-state index contributed by atoms with van der Waals surface area (Å²) in [6.45, 7) is 0. The molecule has 1 aromatic heterocycles. The first-order chi connectivity index (χ1) is 8.63. The van der Waals surface area contributed by atoms with Gasteiger partial charge in [-0.25, -0.2) is 0 Å². The molecule has 1 aromatic carbocycles. The highest BCUT2D eigenvalue weighted by Gasteiger charge is 2.15. The molecule has 0 saturated carbocycles. The van der Waals surface area contributed by atoms with Gasteiger partial charge in [0, 0.05) is 23.6 Å². The van der Waals surface area contributed by atoms with Crippen LogP contribution in [-0.2, 0) is 0 Å². The van der Waals surface area contributed by atoms with Crippen LogP contribution in [0.25, 0.3) is 0 Å². The fourth-order valence-electron chi connectivity index (χ4n) is 1.68. The Morgan fingerprint density at radius 3 is 2.78 bits per heavy atom. The Balaban J connectivity index is 2.37. The van der Waals surface area contributed by atoms with Gasteiger partial charge >= 0.3 is 0 Å². The van der Waals surface area contributed by atoms with Gasteiger partial charge in [0.1, 0.15) is 11.9 Å². The number of hydrogen-bond donors (Lipinski definition) is 2. The van der Waals surface area contributed by atoms with E-state index in [1.807, 2.05) is 0 Å². The number of nitrogens with two attached hydrogens (primary N) is 1. The molecule has 2 rings (SSSR count). The third kappa shape index (κ3) is 2.39. The first kappa shape index (κ1) is 12.7. The Kier molecular flexibility index (Phi) is 3.69. The molecule has 94 valence electrons. The quantitative estimate of drug-likeness (QED) is 0.893. The van der Waals surface area contributed by atoms with Crippen molar-refractivity contribution in [2.24, 2.45) is 0 Å². The van der Waals surface area contributed by atoms with Gasteiger partial charge in [-0.05, 0) is 23.8 Å². The van der Waals surface area contributed by atoms with E-state index in [1.165, 1.54) is 13.3 Å². The summed E-state index contributed by atoms with van der Waals surface area (Å²) < 4.78 is 5.06. The van der Waals surface area contributed by atoms with Crippen LogP contribution in [-0.4, -0.2) is 17.2 Å². The number of methoxy groups -OCH3 is 1. The summed E-state index contributed by atoms with van der Waals surface area (Å²) in [5.41, 5.74) is 7.48. The molecular formula is C13H13ClN2O2. The number of halogens is 1. The van der Waals surface area contributed by atoms with Crippen molar-refractivity contribution in [2.75, 3.05) is 12.8 Å². The molecule has 0 spiro atoms. The minimum absolute atomic E-state index is 0.441. The average Bonchev–Trinajstić information content (AvgIpc) is 2.38. The van der Waals surface area contributed by atoms with Gasteiger partial charge in [0.25, 0.3) is 0 Å². The Morgan fingerprint density at radius 2 is 2.17 bits per heavy atom. The molecule has 0 fully saturated rings. The van der Waals surface area contributed by atoms with Gasteiger partial charge in [0.05, 0.1) is 12.1 Å². The van der Waals surface area contributed by atoms with Gasteiger partial charge in [-0.3, -0.25) is 4.98 Å². The number of nitrogens with zero attached hydrogens (tertiary/aromatic N) is 1. The second-order valence-corrected chi connectivity index (χ2v) is 4.21. The maximum Gasteiger partial charge on any atom is 0.137 e. The van der Waals surface area contributed by atoms with Crippen molar-refractivity contribution < 1.29 is 9.84 Å². The van der Waals surface area contributed by atoms with Crippen LogP contribution in [0, 0.1) is 0 Å². The van der Waals surface area contributed by atoms with Crippen LogP contribution in [0.4, 0.5) is 5.69 Å². The van der Waals surface area contributed by atoms with Crippen molar-refractivity contribution >= 4 is 17.3 Å². The largest absolute Gasteiger partial charge is 0.495 e. The van der Waals surface area contributed by atoms with Crippen molar-refractivity contribution in [2.45, 2.75) is 6.10 Å². The van der Waals surface area contributed by atoms with E-state index in [9.17, 15) is 5.11 Å². The topological polar surface area (TPSA) is 68.4 Å². The summed E-state index contributed by atoms with van der Waals surface area (Å²) in [6, 6.07) is 6.73. The molecule has 0 aliphatic carbocycles. The van der Waals surface area contributed by atoms with Crippen molar-refractivity contribution in [3.63, 3.8) is 0 Å². The molecule has 4 nitrogen and oxygen atoms in total. The zero-order valence-corrected chi connectivity index (χ0v) is 10.6. The molecule has 2 aromatic rings. The molecule has 5 heteroatoms. The number of aliphatic hydroxyl groups excluding tert-OH is 1. The lowest BCUT2D eigenvalue weighted by molar-refractivity contribution is 0.220. The fraction of sp³-hybridized carbons (Fsp3) is 0.154. The molecule has 1 unspecified atom stereocenters. The summed E-state index contributed by atoms with van der Waals surface area (Å²) >= 11 is 6.02. The van der Waals surface area contributed by atoms with Gasteiger partial charge in [-0.1, -0.05) is 17.7 Å². The first-order valence-corrected chi connectivity index (χ1v) is 5.72. The highest BCUT2D eigenvalue weighted by Crippen LogP contribution is 2.31. The van der Waals surface area contributed by atoms with Crippen molar-refractivity contribution in [1.29, 1.82) is 0 Å². The summed E-state index contributed by atoms with van der Waals surface area (Å²) in [4.78, 5) is 3.95. The van der Waals surface area contributed by atoms with Gasteiger partial charge in [-0.2, -0.15) is 0 Å². The zero-order valence-electron chi connectivity index (χ0n) is 9.80.